The van der Waals surface area contributed by atoms with Gasteiger partial charge in [0, 0.05) is 0 Å². The number of carbonyl (C=O) groups excluding carboxylic acids is 1. The number of carbonyl (C=O) groups is 1. The highest BCUT2D eigenvalue weighted by Crippen LogP contribution is 2.06. The molecule has 0 aromatic carbocycles. The molecular formula is C11H23NO3. The minimum atomic E-state index is -0.542. The fraction of sp³-hybridized carbons (Fsp3) is 0.909. The zero-order valence-electron chi connectivity index (χ0n) is 10.4. The van der Waals surface area contributed by atoms with Gasteiger partial charge in [0.05, 0.1) is 12.2 Å². The summed E-state index contributed by atoms with van der Waals surface area (Å²) in [6.45, 7) is 10.3. The lowest BCUT2D eigenvalue weighted by molar-refractivity contribution is -0.149. The van der Waals surface area contributed by atoms with Crippen molar-refractivity contribution in [1.29, 1.82) is 0 Å². The van der Waals surface area contributed by atoms with Crippen molar-refractivity contribution in [3.8, 4) is 0 Å². The largest absolute Gasteiger partial charge is 0.462 e. The smallest absolute Gasteiger partial charge is 0.323 e. The lowest BCUT2D eigenvalue weighted by Crippen LogP contribution is -2.37. The third kappa shape index (κ3) is 7.33. The van der Waals surface area contributed by atoms with Crippen LogP contribution in [0.2, 0.25) is 0 Å². The maximum Gasteiger partial charge on any atom is 0.323 e. The van der Waals surface area contributed by atoms with Crippen LogP contribution in [0.25, 0.3) is 0 Å². The van der Waals surface area contributed by atoms with Crippen LogP contribution in [0.15, 0.2) is 0 Å². The first kappa shape index (κ1) is 14.4. The van der Waals surface area contributed by atoms with E-state index in [-0.39, 0.29) is 24.1 Å². The van der Waals surface area contributed by atoms with Gasteiger partial charge in [-0.2, -0.15) is 0 Å². The molecule has 15 heavy (non-hydrogen) atoms. The molecule has 0 unspecified atom stereocenters. The van der Waals surface area contributed by atoms with Gasteiger partial charge in [-0.1, -0.05) is 13.8 Å². The van der Waals surface area contributed by atoms with Gasteiger partial charge in [0.2, 0.25) is 0 Å². The fourth-order valence-electron chi connectivity index (χ4n) is 0.859. The number of hydrogen-bond donors (Lipinski definition) is 1. The molecule has 0 radical (unpaired) electrons. The molecule has 0 spiro atoms. The minimum absolute atomic E-state index is 0.0982. The zero-order chi connectivity index (χ0) is 12.1. The average molecular weight is 217 g/mol. The first-order valence-corrected chi connectivity index (χ1v) is 5.30. The van der Waals surface area contributed by atoms with E-state index in [0.29, 0.717) is 6.61 Å². The fourth-order valence-corrected chi connectivity index (χ4v) is 0.859. The van der Waals surface area contributed by atoms with Gasteiger partial charge in [-0.05, 0) is 26.7 Å². The molecule has 0 amide bonds. The van der Waals surface area contributed by atoms with Crippen molar-refractivity contribution in [3.05, 3.63) is 0 Å². The summed E-state index contributed by atoms with van der Waals surface area (Å²) in [6, 6.07) is -0.542. The van der Waals surface area contributed by atoms with Gasteiger partial charge in [0.25, 0.3) is 0 Å². The van der Waals surface area contributed by atoms with Crippen LogP contribution in [0, 0.1) is 5.92 Å². The SMILES string of the molecule is CC(C)[C@H](N)C(=O)OCCOC(C)(C)C. The van der Waals surface area contributed by atoms with Crippen LogP contribution in [-0.2, 0) is 14.3 Å². The van der Waals surface area contributed by atoms with Crippen LogP contribution in [-0.4, -0.2) is 30.8 Å². The molecule has 0 rings (SSSR count). The van der Waals surface area contributed by atoms with Crippen molar-refractivity contribution in [2.75, 3.05) is 13.2 Å². The topological polar surface area (TPSA) is 61.6 Å². The van der Waals surface area contributed by atoms with Gasteiger partial charge >= 0.3 is 5.97 Å². The average Bonchev–Trinajstić information content (AvgIpc) is 2.09. The third-order valence-corrected chi connectivity index (χ3v) is 1.85. The van der Waals surface area contributed by atoms with Crippen molar-refractivity contribution in [1.82, 2.24) is 0 Å². The van der Waals surface area contributed by atoms with Crippen molar-refractivity contribution < 1.29 is 14.3 Å². The first-order chi connectivity index (χ1) is 6.74. The van der Waals surface area contributed by atoms with Gasteiger partial charge in [0.1, 0.15) is 12.6 Å². The Bertz CT molecular complexity index is 196. The maximum atomic E-state index is 11.3. The lowest BCUT2D eigenvalue weighted by Gasteiger charge is -2.20. The molecule has 4 nitrogen and oxygen atoms in total. The molecule has 1 atom stereocenters. The van der Waals surface area contributed by atoms with E-state index in [0.717, 1.165) is 0 Å². The normalized spacial score (nSPS) is 14.1. The second-order valence-corrected chi connectivity index (χ2v) is 4.90. The molecule has 0 aromatic heterocycles. The Hall–Kier alpha value is -0.610. The summed E-state index contributed by atoms with van der Waals surface area (Å²) in [5.74, 6) is -0.261. The lowest BCUT2D eigenvalue weighted by atomic mass is 10.1. The van der Waals surface area contributed by atoms with Gasteiger partial charge in [-0.15, -0.1) is 0 Å². The van der Waals surface area contributed by atoms with Crippen LogP contribution in [0.3, 0.4) is 0 Å². The van der Waals surface area contributed by atoms with Crippen LogP contribution < -0.4 is 5.73 Å². The first-order valence-electron chi connectivity index (χ1n) is 5.30. The van der Waals surface area contributed by atoms with Crippen LogP contribution in [0.5, 0.6) is 0 Å². The van der Waals surface area contributed by atoms with E-state index in [1.54, 1.807) is 0 Å². The quantitative estimate of drug-likeness (QED) is 0.557. The Morgan fingerprint density at radius 2 is 1.80 bits per heavy atom. The summed E-state index contributed by atoms with van der Waals surface area (Å²) in [6.07, 6.45) is 0. The van der Waals surface area contributed by atoms with Crippen LogP contribution in [0.4, 0.5) is 0 Å². The predicted molar refractivity (Wildman–Crippen MR) is 59.5 cm³/mol. The molecule has 0 heterocycles. The number of hydrogen-bond acceptors (Lipinski definition) is 4. The number of nitrogens with two attached hydrogens (primary N) is 1. The predicted octanol–water partition coefficient (Wildman–Crippen LogP) is 1.33. The van der Waals surface area contributed by atoms with Gasteiger partial charge in [0.15, 0.2) is 0 Å². The standard InChI is InChI=1S/C11H23NO3/c1-8(2)9(12)10(13)14-6-7-15-11(3,4)5/h8-9H,6-7,12H2,1-5H3/t9-/m0/s1. The summed E-state index contributed by atoms with van der Waals surface area (Å²) in [5, 5.41) is 0. The van der Waals surface area contributed by atoms with E-state index >= 15 is 0 Å². The minimum Gasteiger partial charge on any atom is -0.462 e. The van der Waals surface area contributed by atoms with E-state index in [1.807, 2.05) is 34.6 Å². The second kappa shape index (κ2) is 6.08. The van der Waals surface area contributed by atoms with Crippen molar-refractivity contribution >= 4 is 5.97 Å². The molecule has 90 valence electrons. The van der Waals surface area contributed by atoms with Gasteiger partial charge in [-0.25, -0.2) is 0 Å². The molecule has 0 aliphatic heterocycles. The van der Waals surface area contributed by atoms with E-state index in [4.69, 9.17) is 15.2 Å². The highest BCUT2D eigenvalue weighted by Gasteiger charge is 2.18. The van der Waals surface area contributed by atoms with Crippen molar-refractivity contribution in [2.45, 2.75) is 46.3 Å². The van der Waals surface area contributed by atoms with Crippen LogP contribution >= 0.6 is 0 Å². The maximum absolute atomic E-state index is 11.3. The Morgan fingerprint density at radius 3 is 2.20 bits per heavy atom. The summed E-state index contributed by atoms with van der Waals surface area (Å²) in [5.41, 5.74) is 5.41. The van der Waals surface area contributed by atoms with Crippen molar-refractivity contribution in [2.24, 2.45) is 11.7 Å². The summed E-state index contributed by atoms with van der Waals surface area (Å²) in [7, 11) is 0. The third-order valence-electron chi connectivity index (χ3n) is 1.85. The second-order valence-electron chi connectivity index (χ2n) is 4.90. The molecule has 0 aliphatic rings. The zero-order valence-corrected chi connectivity index (χ0v) is 10.4. The molecule has 4 heteroatoms. The van der Waals surface area contributed by atoms with E-state index in [1.165, 1.54) is 0 Å². The summed E-state index contributed by atoms with van der Waals surface area (Å²) >= 11 is 0. The van der Waals surface area contributed by atoms with E-state index in [9.17, 15) is 4.79 Å². The van der Waals surface area contributed by atoms with Crippen LogP contribution in [0.1, 0.15) is 34.6 Å². The Kier molecular flexibility index (Phi) is 5.83. The molecule has 0 aliphatic carbocycles. The molecule has 0 aromatic rings. The molecule has 0 bridgehead atoms. The van der Waals surface area contributed by atoms with E-state index in [2.05, 4.69) is 0 Å². The summed E-state index contributed by atoms with van der Waals surface area (Å²) in [4.78, 5) is 11.3. The number of esters is 1. The molecule has 0 saturated heterocycles. The number of rotatable bonds is 5. The van der Waals surface area contributed by atoms with E-state index < -0.39 is 6.04 Å². The molecular weight excluding hydrogens is 194 g/mol. The Balaban J connectivity index is 3.65. The van der Waals surface area contributed by atoms with Crippen molar-refractivity contribution in [3.63, 3.8) is 0 Å². The van der Waals surface area contributed by atoms with Gasteiger partial charge < -0.3 is 15.2 Å². The molecule has 0 saturated carbocycles. The highest BCUT2D eigenvalue weighted by atomic mass is 16.6. The Morgan fingerprint density at radius 1 is 1.27 bits per heavy atom. The number of ether oxygens (including phenoxy) is 2. The molecule has 0 fully saturated rings. The Labute approximate surface area is 92.1 Å². The highest BCUT2D eigenvalue weighted by molar-refractivity contribution is 5.75. The van der Waals surface area contributed by atoms with Gasteiger partial charge in [-0.3, -0.25) is 4.79 Å². The summed E-state index contributed by atoms with van der Waals surface area (Å²) < 4.78 is 10.4. The molecule has 2 N–H and O–H groups in total. The monoisotopic (exact) mass is 217 g/mol.